The lowest BCUT2D eigenvalue weighted by molar-refractivity contribution is -0.139. The first-order chi connectivity index (χ1) is 8.97. The second-order valence-electron chi connectivity index (χ2n) is 7.65. The highest BCUT2D eigenvalue weighted by atomic mass is 16.2. The normalized spacial score (nSPS) is 40.4. The molecule has 0 spiro atoms. The molecule has 0 radical (unpaired) electrons. The Labute approximate surface area is 117 Å². The first-order valence-electron chi connectivity index (χ1n) is 8.00. The van der Waals surface area contributed by atoms with E-state index < -0.39 is 0 Å². The zero-order chi connectivity index (χ0) is 13.6. The number of fused-ring (bicyclic) bond motifs is 2. The number of nitrogens with zero attached hydrogens (tertiary/aromatic N) is 1. The van der Waals surface area contributed by atoms with Crippen molar-refractivity contribution in [3.8, 4) is 0 Å². The highest BCUT2D eigenvalue weighted by molar-refractivity contribution is 5.80. The van der Waals surface area contributed by atoms with Crippen LogP contribution >= 0.6 is 0 Å². The number of nitrogens with one attached hydrogen (secondary N) is 1. The van der Waals surface area contributed by atoms with Gasteiger partial charge in [-0.1, -0.05) is 20.3 Å². The summed E-state index contributed by atoms with van der Waals surface area (Å²) in [6.07, 6.45) is 8.44. The lowest BCUT2D eigenvalue weighted by atomic mass is 9.80. The van der Waals surface area contributed by atoms with Crippen LogP contribution in [0.2, 0.25) is 0 Å². The maximum Gasteiger partial charge on any atom is 0.226 e. The summed E-state index contributed by atoms with van der Waals surface area (Å²) in [5.74, 6) is 0.666. The molecule has 2 heterocycles. The molecule has 108 valence electrons. The molecule has 0 aromatic rings. The SMILES string of the molecule is CN(C(=O)C1CCCC1(C)C)C1CC2CCC(C1)N2. The predicted molar refractivity (Wildman–Crippen MR) is 76.9 cm³/mol. The Morgan fingerprint density at radius 3 is 2.32 bits per heavy atom. The van der Waals surface area contributed by atoms with Gasteiger partial charge in [0.2, 0.25) is 5.91 Å². The summed E-state index contributed by atoms with van der Waals surface area (Å²) in [6, 6.07) is 1.80. The summed E-state index contributed by atoms with van der Waals surface area (Å²) in [4.78, 5) is 14.9. The summed E-state index contributed by atoms with van der Waals surface area (Å²) in [6.45, 7) is 4.53. The Hall–Kier alpha value is -0.570. The summed E-state index contributed by atoms with van der Waals surface area (Å²) >= 11 is 0. The molecule has 3 atom stereocenters. The van der Waals surface area contributed by atoms with Gasteiger partial charge in [0.25, 0.3) is 0 Å². The first kappa shape index (κ1) is 13.4. The molecule has 3 rings (SSSR count). The fourth-order valence-corrected chi connectivity index (χ4v) is 4.55. The van der Waals surface area contributed by atoms with Crippen molar-refractivity contribution in [3.05, 3.63) is 0 Å². The summed E-state index contributed by atoms with van der Waals surface area (Å²) in [5.41, 5.74) is 0.206. The molecule has 1 amide bonds. The van der Waals surface area contributed by atoms with Crippen molar-refractivity contribution < 1.29 is 4.79 Å². The summed E-state index contributed by atoms with van der Waals surface area (Å²) < 4.78 is 0. The zero-order valence-corrected chi connectivity index (χ0v) is 12.6. The fraction of sp³-hybridized carbons (Fsp3) is 0.938. The average Bonchev–Trinajstić information content (AvgIpc) is 2.89. The first-order valence-corrected chi connectivity index (χ1v) is 8.00. The van der Waals surface area contributed by atoms with Gasteiger partial charge in [-0.25, -0.2) is 0 Å². The van der Waals surface area contributed by atoms with E-state index in [0.29, 0.717) is 24.0 Å². The molecular formula is C16H28N2O. The number of amides is 1. The van der Waals surface area contributed by atoms with E-state index in [-0.39, 0.29) is 11.3 Å². The lowest BCUT2D eigenvalue weighted by Crippen LogP contribution is -2.51. The quantitative estimate of drug-likeness (QED) is 0.831. The van der Waals surface area contributed by atoms with Crippen molar-refractivity contribution >= 4 is 5.91 Å². The molecule has 2 bridgehead atoms. The minimum atomic E-state index is 0.206. The molecule has 0 aromatic carbocycles. The van der Waals surface area contributed by atoms with Crippen LogP contribution < -0.4 is 5.32 Å². The number of hydrogen-bond acceptors (Lipinski definition) is 2. The van der Waals surface area contributed by atoms with Crippen LogP contribution in [0.4, 0.5) is 0 Å². The molecule has 3 heteroatoms. The molecule has 0 aromatic heterocycles. The number of carbonyl (C=O) groups is 1. The van der Waals surface area contributed by atoms with Gasteiger partial charge < -0.3 is 10.2 Å². The molecule has 1 N–H and O–H groups in total. The van der Waals surface area contributed by atoms with Gasteiger partial charge >= 0.3 is 0 Å². The Bertz CT molecular complexity index is 354. The van der Waals surface area contributed by atoms with Crippen LogP contribution in [0, 0.1) is 11.3 Å². The van der Waals surface area contributed by atoms with Gasteiger partial charge in [0, 0.05) is 31.1 Å². The van der Waals surface area contributed by atoms with Crippen LogP contribution in [0.3, 0.4) is 0 Å². The third kappa shape index (κ3) is 2.42. The van der Waals surface area contributed by atoms with Crippen molar-refractivity contribution in [1.82, 2.24) is 10.2 Å². The van der Waals surface area contributed by atoms with Gasteiger partial charge in [0.05, 0.1) is 0 Å². The molecule has 2 aliphatic heterocycles. The number of hydrogen-bond donors (Lipinski definition) is 1. The maximum absolute atomic E-state index is 12.8. The van der Waals surface area contributed by atoms with Crippen LogP contribution in [0.1, 0.15) is 58.8 Å². The summed E-state index contributed by atoms with van der Waals surface area (Å²) in [5, 5.41) is 3.66. The maximum atomic E-state index is 12.8. The molecule has 1 saturated carbocycles. The van der Waals surface area contributed by atoms with Crippen molar-refractivity contribution in [2.45, 2.75) is 76.9 Å². The van der Waals surface area contributed by atoms with E-state index >= 15 is 0 Å². The molecule has 3 fully saturated rings. The average molecular weight is 264 g/mol. The van der Waals surface area contributed by atoms with Crippen molar-refractivity contribution in [1.29, 1.82) is 0 Å². The van der Waals surface area contributed by atoms with Crippen LogP contribution in [-0.4, -0.2) is 36.0 Å². The van der Waals surface area contributed by atoms with Crippen LogP contribution in [0.25, 0.3) is 0 Å². The molecule has 3 aliphatic rings. The van der Waals surface area contributed by atoms with E-state index in [9.17, 15) is 4.79 Å². The van der Waals surface area contributed by atoms with E-state index in [4.69, 9.17) is 0 Å². The van der Waals surface area contributed by atoms with Crippen LogP contribution in [0.15, 0.2) is 0 Å². The van der Waals surface area contributed by atoms with E-state index in [1.54, 1.807) is 0 Å². The Morgan fingerprint density at radius 1 is 1.16 bits per heavy atom. The van der Waals surface area contributed by atoms with Gasteiger partial charge in [0.15, 0.2) is 0 Å². The fourth-order valence-electron chi connectivity index (χ4n) is 4.55. The second kappa shape index (κ2) is 4.76. The van der Waals surface area contributed by atoms with E-state index in [2.05, 4.69) is 24.1 Å². The molecule has 19 heavy (non-hydrogen) atoms. The third-order valence-corrected chi connectivity index (χ3v) is 5.90. The van der Waals surface area contributed by atoms with E-state index in [0.717, 1.165) is 19.3 Å². The van der Waals surface area contributed by atoms with Crippen LogP contribution in [0.5, 0.6) is 0 Å². The molecule has 2 saturated heterocycles. The smallest absolute Gasteiger partial charge is 0.226 e. The predicted octanol–water partition coefficient (Wildman–Crippen LogP) is 2.55. The second-order valence-corrected chi connectivity index (χ2v) is 7.65. The minimum Gasteiger partial charge on any atom is -0.342 e. The number of piperidine rings is 1. The Morgan fingerprint density at radius 2 is 1.79 bits per heavy atom. The van der Waals surface area contributed by atoms with Gasteiger partial charge in [-0.3, -0.25) is 4.79 Å². The Kier molecular flexibility index (Phi) is 3.36. The number of rotatable bonds is 2. The van der Waals surface area contributed by atoms with E-state index in [1.165, 1.54) is 25.7 Å². The standard InChI is InChI=1S/C16H28N2O/c1-16(2)8-4-5-14(16)15(19)18(3)13-9-11-6-7-12(10-13)17-11/h11-14,17H,4-10H2,1-3H3. The molecule has 1 aliphatic carbocycles. The van der Waals surface area contributed by atoms with Gasteiger partial charge in [0.1, 0.15) is 0 Å². The highest BCUT2D eigenvalue weighted by Gasteiger charge is 2.43. The van der Waals surface area contributed by atoms with Gasteiger partial charge in [-0.05, 0) is 43.9 Å². The molecule has 3 nitrogen and oxygen atoms in total. The van der Waals surface area contributed by atoms with Crippen molar-refractivity contribution in [2.24, 2.45) is 11.3 Å². The lowest BCUT2D eigenvalue weighted by Gasteiger charge is -2.38. The van der Waals surface area contributed by atoms with Crippen LogP contribution in [-0.2, 0) is 4.79 Å². The molecular weight excluding hydrogens is 236 g/mol. The monoisotopic (exact) mass is 264 g/mol. The van der Waals surface area contributed by atoms with E-state index in [1.807, 2.05) is 7.05 Å². The van der Waals surface area contributed by atoms with Crippen molar-refractivity contribution in [3.63, 3.8) is 0 Å². The van der Waals surface area contributed by atoms with Gasteiger partial charge in [-0.2, -0.15) is 0 Å². The van der Waals surface area contributed by atoms with Gasteiger partial charge in [-0.15, -0.1) is 0 Å². The number of carbonyl (C=O) groups excluding carboxylic acids is 1. The van der Waals surface area contributed by atoms with Crippen molar-refractivity contribution in [2.75, 3.05) is 7.05 Å². The third-order valence-electron chi connectivity index (χ3n) is 5.90. The topological polar surface area (TPSA) is 32.3 Å². The zero-order valence-electron chi connectivity index (χ0n) is 12.6. The minimum absolute atomic E-state index is 0.206. The highest BCUT2D eigenvalue weighted by Crippen LogP contribution is 2.44. The largest absolute Gasteiger partial charge is 0.342 e. The molecule has 3 unspecified atom stereocenters. The summed E-state index contributed by atoms with van der Waals surface area (Å²) in [7, 11) is 2.05. The Balaban J connectivity index is 1.66.